The summed E-state index contributed by atoms with van der Waals surface area (Å²) in [6.45, 7) is 2.47. The number of hydrogen-bond donors (Lipinski definition) is 2. The summed E-state index contributed by atoms with van der Waals surface area (Å²) in [6.07, 6.45) is -1.83. The molecule has 0 spiro atoms. The Morgan fingerprint density at radius 2 is 1.81 bits per heavy atom. The van der Waals surface area contributed by atoms with Gasteiger partial charge >= 0.3 is 12.1 Å². The highest BCUT2D eigenvalue weighted by Crippen LogP contribution is 2.28. The first-order chi connectivity index (χ1) is 15.0. The first-order valence-corrected chi connectivity index (χ1v) is 11.3. The molecule has 176 valence electrons. The average Bonchev–Trinajstić information content (AvgIpc) is 3.47. The Hall–Kier alpha value is -2.51. The molecule has 4 rings (SSSR count). The van der Waals surface area contributed by atoms with Gasteiger partial charge in [-0.05, 0) is 36.6 Å². The predicted molar refractivity (Wildman–Crippen MR) is 105 cm³/mol. The summed E-state index contributed by atoms with van der Waals surface area (Å²) >= 11 is 0. The van der Waals surface area contributed by atoms with Gasteiger partial charge in [0, 0.05) is 32.4 Å². The number of benzene rings is 1. The largest absolute Gasteiger partial charge is 0.490 e. The quantitative estimate of drug-likeness (QED) is 0.618. The van der Waals surface area contributed by atoms with Crippen LogP contribution in [0.1, 0.15) is 30.1 Å². The fourth-order valence-corrected chi connectivity index (χ4v) is 4.71. The lowest BCUT2D eigenvalue weighted by molar-refractivity contribution is -0.192. The third-order valence-electron chi connectivity index (χ3n) is 5.00. The minimum absolute atomic E-state index is 0.0484. The molecule has 1 atom stereocenters. The van der Waals surface area contributed by atoms with Crippen molar-refractivity contribution in [2.45, 2.75) is 43.4 Å². The molecule has 2 N–H and O–H groups in total. The van der Waals surface area contributed by atoms with Crippen molar-refractivity contribution < 1.29 is 35.9 Å². The smallest absolute Gasteiger partial charge is 0.475 e. The Labute approximate surface area is 181 Å². The summed E-state index contributed by atoms with van der Waals surface area (Å²) in [4.78, 5) is 11.1. The SMILES string of the molecule is O=C(O)C(F)(F)F.O=S(=O)(NCC1CN(Cc2ccc(F)cc2)Cc2ccnn21)C1CC1. The van der Waals surface area contributed by atoms with E-state index < -0.39 is 22.2 Å². The summed E-state index contributed by atoms with van der Waals surface area (Å²) in [6, 6.07) is 8.40. The van der Waals surface area contributed by atoms with Gasteiger partial charge in [0.15, 0.2) is 0 Å². The number of carboxylic acid groups (broad SMARTS) is 1. The van der Waals surface area contributed by atoms with Crippen molar-refractivity contribution in [2.24, 2.45) is 0 Å². The van der Waals surface area contributed by atoms with Crippen LogP contribution in [0.4, 0.5) is 17.6 Å². The molecule has 1 aromatic heterocycles. The zero-order chi connectivity index (χ0) is 23.5. The minimum Gasteiger partial charge on any atom is -0.475 e. The number of carbonyl (C=O) groups is 1. The van der Waals surface area contributed by atoms with Gasteiger partial charge < -0.3 is 5.11 Å². The molecule has 0 radical (unpaired) electrons. The van der Waals surface area contributed by atoms with E-state index in [9.17, 15) is 26.0 Å². The van der Waals surface area contributed by atoms with Crippen LogP contribution in [0.15, 0.2) is 36.5 Å². The Kier molecular flexibility index (Phi) is 7.20. The minimum atomic E-state index is -5.08. The van der Waals surface area contributed by atoms with E-state index in [1.807, 2.05) is 10.7 Å². The third-order valence-corrected chi connectivity index (χ3v) is 6.92. The van der Waals surface area contributed by atoms with Crippen molar-refractivity contribution in [3.8, 4) is 0 Å². The molecule has 2 heterocycles. The van der Waals surface area contributed by atoms with E-state index in [2.05, 4.69) is 14.7 Å². The molecule has 1 aliphatic carbocycles. The number of aromatic nitrogens is 2. The van der Waals surface area contributed by atoms with E-state index in [0.29, 0.717) is 19.6 Å². The highest BCUT2D eigenvalue weighted by Gasteiger charge is 2.38. The topological polar surface area (TPSA) is 105 Å². The number of hydrogen-bond acceptors (Lipinski definition) is 5. The van der Waals surface area contributed by atoms with Crippen LogP contribution in [0.3, 0.4) is 0 Å². The van der Waals surface area contributed by atoms with Crippen LogP contribution in [-0.2, 0) is 27.9 Å². The van der Waals surface area contributed by atoms with Gasteiger partial charge in [-0.2, -0.15) is 18.3 Å². The molecule has 2 aliphatic rings. The monoisotopic (exact) mass is 478 g/mol. The number of nitrogens with one attached hydrogen (secondary N) is 1. The summed E-state index contributed by atoms with van der Waals surface area (Å²) in [5.41, 5.74) is 2.09. The molecule has 1 aromatic carbocycles. The first kappa shape index (κ1) is 24.1. The van der Waals surface area contributed by atoms with Crippen LogP contribution in [0.5, 0.6) is 0 Å². The normalized spacial score (nSPS) is 19.1. The maximum Gasteiger partial charge on any atom is 0.490 e. The number of alkyl halides is 3. The van der Waals surface area contributed by atoms with Gasteiger partial charge in [0.05, 0.1) is 17.0 Å². The lowest BCUT2D eigenvalue weighted by atomic mass is 10.1. The molecule has 13 heteroatoms. The molecule has 2 aromatic rings. The number of aliphatic carboxylic acids is 1. The average molecular weight is 478 g/mol. The summed E-state index contributed by atoms with van der Waals surface area (Å²) < 4.78 is 73.7. The number of carboxylic acids is 1. The van der Waals surface area contributed by atoms with Gasteiger partial charge in [0.1, 0.15) is 5.82 Å². The predicted octanol–water partition coefficient (Wildman–Crippen LogP) is 2.29. The summed E-state index contributed by atoms with van der Waals surface area (Å²) in [5, 5.41) is 11.3. The van der Waals surface area contributed by atoms with Gasteiger partial charge in [-0.1, -0.05) is 12.1 Å². The molecule has 1 aliphatic heterocycles. The maximum absolute atomic E-state index is 13.1. The molecule has 8 nitrogen and oxygen atoms in total. The summed E-state index contributed by atoms with van der Waals surface area (Å²) in [7, 11) is -3.20. The van der Waals surface area contributed by atoms with Gasteiger partial charge in [0.2, 0.25) is 10.0 Å². The maximum atomic E-state index is 13.1. The molecule has 0 bridgehead atoms. The van der Waals surface area contributed by atoms with Crippen LogP contribution < -0.4 is 4.72 Å². The number of nitrogens with zero attached hydrogens (tertiary/aromatic N) is 3. The van der Waals surface area contributed by atoms with Gasteiger partial charge in [-0.15, -0.1) is 0 Å². The second kappa shape index (κ2) is 9.55. The number of rotatable bonds is 6. The van der Waals surface area contributed by atoms with Gasteiger partial charge in [-0.3, -0.25) is 9.58 Å². The molecule has 0 saturated heterocycles. The standard InChI is InChI=1S/C17H21FN4O2S.C2HF3O2/c18-14-3-1-13(2-4-14)10-21-11-15-7-8-19-22(15)16(12-21)9-20-25(23,24)17-5-6-17;3-2(4,5)1(6)7/h1-4,7-8,16-17,20H,5-6,9-12H2;(H,6,7). The Morgan fingerprint density at radius 1 is 1.19 bits per heavy atom. The first-order valence-electron chi connectivity index (χ1n) is 9.73. The van der Waals surface area contributed by atoms with Crippen molar-refractivity contribution in [1.29, 1.82) is 0 Å². The molecule has 1 unspecified atom stereocenters. The second-order valence-electron chi connectivity index (χ2n) is 7.61. The van der Waals surface area contributed by atoms with Crippen LogP contribution >= 0.6 is 0 Å². The summed E-state index contributed by atoms with van der Waals surface area (Å²) in [5.74, 6) is -3.00. The fraction of sp³-hybridized carbons (Fsp3) is 0.474. The molecule has 0 amide bonds. The lowest BCUT2D eigenvalue weighted by Crippen LogP contribution is -2.43. The van der Waals surface area contributed by atoms with Crippen molar-refractivity contribution in [2.75, 3.05) is 13.1 Å². The van der Waals surface area contributed by atoms with Gasteiger partial charge in [0.25, 0.3) is 0 Å². The van der Waals surface area contributed by atoms with E-state index in [0.717, 1.165) is 30.6 Å². The van der Waals surface area contributed by atoms with Crippen LogP contribution in [0.25, 0.3) is 0 Å². The lowest BCUT2D eigenvalue weighted by Gasteiger charge is -2.34. The molecular formula is C19H22F4N4O4S. The molecular weight excluding hydrogens is 456 g/mol. The van der Waals surface area contributed by atoms with Crippen molar-refractivity contribution in [3.05, 3.63) is 53.6 Å². The molecule has 1 saturated carbocycles. The Morgan fingerprint density at radius 3 is 2.38 bits per heavy atom. The Bertz CT molecular complexity index is 1040. The highest BCUT2D eigenvalue weighted by atomic mass is 32.2. The molecule has 1 fully saturated rings. The van der Waals surface area contributed by atoms with E-state index in [1.165, 1.54) is 12.1 Å². The fourth-order valence-electron chi connectivity index (χ4n) is 3.29. The van der Waals surface area contributed by atoms with E-state index in [1.54, 1.807) is 18.3 Å². The number of halogens is 4. The Balaban J connectivity index is 0.000000360. The van der Waals surface area contributed by atoms with Crippen molar-refractivity contribution >= 4 is 16.0 Å². The molecule has 32 heavy (non-hydrogen) atoms. The van der Waals surface area contributed by atoms with Gasteiger partial charge in [-0.25, -0.2) is 22.3 Å². The highest BCUT2D eigenvalue weighted by molar-refractivity contribution is 7.90. The second-order valence-corrected chi connectivity index (χ2v) is 9.66. The third kappa shape index (κ3) is 6.50. The van der Waals surface area contributed by atoms with E-state index in [-0.39, 0.29) is 17.1 Å². The van der Waals surface area contributed by atoms with E-state index in [4.69, 9.17) is 9.90 Å². The zero-order valence-corrected chi connectivity index (χ0v) is 17.6. The number of sulfonamides is 1. The van der Waals surface area contributed by atoms with Crippen molar-refractivity contribution in [1.82, 2.24) is 19.4 Å². The van der Waals surface area contributed by atoms with Crippen LogP contribution in [0.2, 0.25) is 0 Å². The number of fused-ring (bicyclic) bond motifs is 1. The van der Waals surface area contributed by atoms with Crippen LogP contribution in [-0.4, -0.2) is 58.7 Å². The van der Waals surface area contributed by atoms with E-state index >= 15 is 0 Å². The zero-order valence-electron chi connectivity index (χ0n) is 16.8. The van der Waals surface area contributed by atoms with Crippen LogP contribution in [0, 0.1) is 5.82 Å². The van der Waals surface area contributed by atoms with Crippen molar-refractivity contribution in [3.63, 3.8) is 0 Å².